The molecule has 0 saturated heterocycles. The largest absolute Gasteiger partial charge is 0.397 e. The van der Waals surface area contributed by atoms with Gasteiger partial charge in [0.2, 0.25) is 0 Å². The van der Waals surface area contributed by atoms with Gasteiger partial charge in [0.1, 0.15) is 0 Å². The van der Waals surface area contributed by atoms with Crippen LogP contribution in [0.15, 0.2) is 18.2 Å². The molecule has 2 nitrogen and oxygen atoms in total. The van der Waals surface area contributed by atoms with Crippen LogP contribution >= 0.6 is 0 Å². The first-order chi connectivity index (χ1) is 7.83. The highest BCUT2D eigenvalue weighted by Gasteiger charge is 2.18. The van der Waals surface area contributed by atoms with Crippen LogP contribution in [-0.2, 0) is 6.42 Å². The molecule has 1 aliphatic heterocycles. The molecule has 0 spiro atoms. The average molecular weight is 218 g/mol. The lowest BCUT2D eigenvalue weighted by atomic mass is 10.00. The van der Waals surface area contributed by atoms with Gasteiger partial charge in [0, 0.05) is 13.1 Å². The van der Waals surface area contributed by atoms with E-state index >= 15 is 0 Å². The summed E-state index contributed by atoms with van der Waals surface area (Å²) < 4.78 is 0. The quantitative estimate of drug-likeness (QED) is 0.621. The second-order valence-corrected chi connectivity index (χ2v) is 4.65. The van der Waals surface area contributed by atoms with Crippen LogP contribution in [0.3, 0.4) is 0 Å². The molecule has 1 aliphatic rings. The smallest absolute Gasteiger partial charge is 0.0632 e. The van der Waals surface area contributed by atoms with Gasteiger partial charge in [0.05, 0.1) is 11.4 Å². The van der Waals surface area contributed by atoms with Crippen molar-refractivity contribution in [1.82, 2.24) is 0 Å². The number of rotatable bonds is 4. The molecular weight excluding hydrogens is 196 g/mol. The zero-order valence-corrected chi connectivity index (χ0v) is 10.2. The number of fused-ring (bicyclic) bond motifs is 1. The van der Waals surface area contributed by atoms with Crippen molar-refractivity contribution in [2.45, 2.75) is 39.0 Å². The van der Waals surface area contributed by atoms with Crippen molar-refractivity contribution in [3.8, 4) is 0 Å². The lowest BCUT2D eigenvalue weighted by Crippen LogP contribution is -2.31. The first kappa shape index (κ1) is 11.3. The Kier molecular flexibility index (Phi) is 3.70. The molecule has 0 unspecified atom stereocenters. The molecule has 2 rings (SSSR count). The maximum Gasteiger partial charge on any atom is 0.0632 e. The summed E-state index contributed by atoms with van der Waals surface area (Å²) in [6.07, 6.45) is 6.33. The minimum atomic E-state index is 0.952. The van der Waals surface area contributed by atoms with Gasteiger partial charge in [-0.3, -0.25) is 0 Å². The van der Waals surface area contributed by atoms with E-state index in [-0.39, 0.29) is 0 Å². The van der Waals surface area contributed by atoms with Gasteiger partial charge in [-0.1, -0.05) is 31.9 Å². The Balaban J connectivity index is 2.12. The van der Waals surface area contributed by atoms with Gasteiger partial charge in [-0.25, -0.2) is 0 Å². The molecule has 0 bridgehead atoms. The van der Waals surface area contributed by atoms with E-state index in [1.54, 1.807) is 0 Å². The van der Waals surface area contributed by atoms with E-state index in [0.29, 0.717) is 0 Å². The number of hydrogen-bond acceptors (Lipinski definition) is 2. The van der Waals surface area contributed by atoms with Crippen molar-refractivity contribution in [2.24, 2.45) is 0 Å². The summed E-state index contributed by atoms with van der Waals surface area (Å²) in [7, 11) is 0. The zero-order chi connectivity index (χ0) is 11.4. The topological polar surface area (TPSA) is 29.3 Å². The minimum Gasteiger partial charge on any atom is -0.397 e. The van der Waals surface area contributed by atoms with Crippen molar-refractivity contribution < 1.29 is 0 Å². The molecule has 1 aromatic carbocycles. The van der Waals surface area contributed by atoms with Crippen molar-refractivity contribution >= 4 is 11.4 Å². The fourth-order valence-electron chi connectivity index (χ4n) is 2.55. The molecule has 16 heavy (non-hydrogen) atoms. The Morgan fingerprint density at radius 1 is 1.31 bits per heavy atom. The average Bonchev–Trinajstić information content (AvgIpc) is 2.30. The van der Waals surface area contributed by atoms with Crippen LogP contribution in [0.25, 0.3) is 0 Å². The molecule has 0 saturated carbocycles. The highest BCUT2D eigenvalue weighted by atomic mass is 15.1. The van der Waals surface area contributed by atoms with Gasteiger partial charge in [-0.15, -0.1) is 0 Å². The fourth-order valence-corrected chi connectivity index (χ4v) is 2.55. The summed E-state index contributed by atoms with van der Waals surface area (Å²) >= 11 is 0. The van der Waals surface area contributed by atoms with Crippen LogP contribution in [0.1, 0.15) is 38.2 Å². The highest BCUT2D eigenvalue weighted by molar-refractivity contribution is 5.72. The van der Waals surface area contributed by atoms with E-state index in [0.717, 1.165) is 12.2 Å². The molecule has 0 radical (unpaired) electrons. The van der Waals surface area contributed by atoms with Crippen molar-refractivity contribution in [3.05, 3.63) is 23.8 Å². The molecule has 0 aliphatic carbocycles. The van der Waals surface area contributed by atoms with Gasteiger partial charge in [0.15, 0.2) is 0 Å². The van der Waals surface area contributed by atoms with Crippen molar-refractivity contribution in [1.29, 1.82) is 0 Å². The molecule has 0 amide bonds. The van der Waals surface area contributed by atoms with Gasteiger partial charge in [-0.05, 0) is 30.9 Å². The Bertz CT molecular complexity index is 347. The number of unbranched alkanes of at least 4 members (excludes halogenated alkanes) is 2. The predicted molar refractivity (Wildman–Crippen MR) is 70.9 cm³/mol. The number of anilines is 2. The van der Waals surface area contributed by atoms with Gasteiger partial charge in [-0.2, -0.15) is 0 Å². The Hall–Kier alpha value is -1.18. The molecule has 2 N–H and O–H groups in total. The number of hydrogen-bond donors (Lipinski definition) is 1. The predicted octanol–water partition coefficient (Wildman–Crippen LogP) is 3.21. The third-order valence-electron chi connectivity index (χ3n) is 3.37. The second kappa shape index (κ2) is 5.24. The monoisotopic (exact) mass is 218 g/mol. The third kappa shape index (κ3) is 2.31. The summed E-state index contributed by atoms with van der Waals surface area (Å²) in [5.41, 5.74) is 9.79. The first-order valence-corrected chi connectivity index (χ1v) is 6.45. The van der Waals surface area contributed by atoms with E-state index in [2.05, 4.69) is 24.0 Å². The maximum absolute atomic E-state index is 6.09. The number of nitrogens with two attached hydrogens (primary N) is 1. The molecule has 0 fully saturated rings. The van der Waals surface area contributed by atoms with Crippen molar-refractivity contribution in [2.75, 3.05) is 23.7 Å². The van der Waals surface area contributed by atoms with Crippen LogP contribution in [0.2, 0.25) is 0 Å². The highest BCUT2D eigenvalue weighted by Crippen LogP contribution is 2.32. The summed E-state index contributed by atoms with van der Waals surface area (Å²) in [6, 6.07) is 6.32. The summed E-state index contributed by atoms with van der Waals surface area (Å²) in [6.45, 7) is 4.58. The summed E-state index contributed by atoms with van der Waals surface area (Å²) in [5, 5.41) is 0. The van der Waals surface area contributed by atoms with Crippen LogP contribution < -0.4 is 10.6 Å². The zero-order valence-electron chi connectivity index (χ0n) is 10.2. The second-order valence-electron chi connectivity index (χ2n) is 4.65. The van der Waals surface area contributed by atoms with Crippen LogP contribution in [0.4, 0.5) is 11.4 Å². The van der Waals surface area contributed by atoms with E-state index in [4.69, 9.17) is 5.73 Å². The lowest BCUT2D eigenvalue weighted by molar-refractivity contribution is 0.639. The molecule has 0 aromatic heterocycles. The molecule has 1 heterocycles. The number of para-hydroxylation sites is 1. The SMILES string of the molecule is CCCCCN1CCCc2cccc(N)c21. The number of aryl methyl sites for hydroxylation is 1. The van der Waals surface area contributed by atoms with Crippen molar-refractivity contribution in [3.63, 3.8) is 0 Å². The summed E-state index contributed by atoms with van der Waals surface area (Å²) in [5.74, 6) is 0. The molecule has 2 heteroatoms. The van der Waals surface area contributed by atoms with E-state index in [1.807, 2.05) is 6.07 Å². The van der Waals surface area contributed by atoms with Gasteiger partial charge >= 0.3 is 0 Å². The number of nitrogen functional groups attached to an aromatic ring is 1. The van der Waals surface area contributed by atoms with Crippen LogP contribution in [0.5, 0.6) is 0 Å². The first-order valence-electron chi connectivity index (χ1n) is 6.45. The van der Waals surface area contributed by atoms with Crippen LogP contribution in [-0.4, -0.2) is 13.1 Å². The maximum atomic E-state index is 6.09. The molecular formula is C14H22N2. The van der Waals surface area contributed by atoms with E-state index in [1.165, 1.54) is 49.9 Å². The molecule has 0 atom stereocenters. The Morgan fingerprint density at radius 3 is 3.00 bits per heavy atom. The van der Waals surface area contributed by atoms with Gasteiger partial charge in [0.25, 0.3) is 0 Å². The third-order valence-corrected chi connectivity index (χ3v) is 3.37. The Morgan fingerprint density at radius 2 is 2.19 bits per heavy atom. The van der Waals surface area contributed by atoms with Crippen LogP contribution in [0, 0.1) is 0 Å². The fraction of sp³-hybridized carbons (Fsp3) is 0.571. The summed E-state index contributed by atoms with van der Waals surface area (Å²) in [4.78, 5) is 2.48. The number of benzene rings is 1. The molecule has 1 aromatic rings. The normalized spacial score (nSPS) is 14.9. The molecule has 88 valence electrons. The number of nitrogens with zero attached hydrogens (tertiary/aromatic N) is 1. The lowest BCUT2D eigenvalue weighted by Gasteiger charge is -2.32. The van der Waals surface area contributed by atoms with Gasteiger partial charge < -0.3 is 10.6 Å². The Labute approximate surface area is 98.4 Å². The van der Waals surface area contributed by atoms with E-state index in [9.17, 15) is 0 Å². The van der Waals surface area contributed by atoms with E-state index < -0.39 is 0 Å². The standard InChI is InChI=1S/C14H22N2/c1-2-3-4-10-16-11-6-8-12-7-5-9-13(15)14(12)16/h5,7,9H,2-4,6,8,10-11,15H2,1H3. The minimum absolute atomic E-state index is 0.952.